The van der Waals surface area contributed by atoms with Gasteiger partial charge in [-0.25, -0.2) is 9.59 Å². The number of ether oxygens (including phenoxy) is 2. The zero-order chi connectivity index (χ0) is 35.6. The molecule has 0 heterocycles. The summed E-state index contributed by atoms with van der Waals surface area (Å²) in [6.45, 7) is 13.9. The molecule has 48 heavy (non-hydrogen) atoms. The molecule has 3 unspecified atom stereocenters. The molecule has 10 nitrogen and oxygen atoms in total. The number of aromatic hydroxyl groups is 1. The van der Waals surface area contributed by atoms with Crippen LogP contribution in [0.1, 0.15) is 78.1 Å². The molecule has 0 saturated heterocycles. The van der Waals surface area contributed by atoms with Gasteiger partial charge in [0.25, 0.3) is 0 Å². The van der Waals surface area contributed by atoms with Gasteiger partial charge >= 0.3 is 12.1 Å². The number of alkyl carbamates (subject to hydrolysis) is 1. The van der Waals surface area contributed by atoms with E-state index in [1.807, 2.05) is 60.7 Å². The van der Waals surface area contributed by atoms with Crippen LogP contribution in [0.2, 0.25) is 0 Å². The molecule has 3 aromatic rings. The molecule has 3 amide bonds. The second-order valence-electron chi connectivity index (χ2n) is 14.0. The minimum Gasteiger partial charge on any atom is -0.508 e. The number of nitrogens with one attached hydrogen (secondary N) is 2. The Balaban J connectivity index is 2.08. The molecule has 0 bridgehead atoms. The van der Waals surface area contributed by atoms with E-state index >= 15 is 0 Å². The molecular formula is C38H49N3O7. The number of hydrogen-bond donors (Lipinski definition) is 3. The lowest BCUT2D eigenvalue weighted by atomic mass is 9.98. The molecule has 258 valence electrons. The SMILES string of the molecule is CC(C)N(C(=O)C(Cc1ccccc1)NC(=O)OC(C)(C)C)C(C(=O)NC(Cc1ccccc1)C(=O)OC(C)(C)C)c1cccc(O)c1. The van der Waals surface area contributed by atoms with Crippen molar-refractivity contribution in [2.45, 2.75) is 104 Å². The topological polar surface area (TPSA) is 134 Å². The van der Waals surface area contributed by atoms with Gasteiger partial charge in [-0.05, 0) is 84.2 Å². The smallest absolute Gasteiger partial charge is 0.408 e. The first-order valence-electron chi connectivity index (χ1n) is 16.1. The molecule has 0 aliphatic heterocycles. The van der Waals surface area contributed by atoms with Crippen molar-refractivity contribution < 1.29 is 33.8 Å². The summed E-state index contributed by atoms with van der Waals surface area (Å²) in [5, 5.41) is 16.0. The van der Waals surface area contributed by atoms with Crippen molar-refractivity contribution >= 4 is 23.9 Å². The predicted molar refractivity (Wildman–Crippen MR) is 184 cm³/mol. The zero-order valence-electron chi connectivity index (χ0n) is 29.2. The maximum absolute atomic E-state index is 14.6. The van der Waals surface area contributed by atoms with Gasteiger partial charge in [-0.3, -0.25) is 9.59 Å². The second-order valence-corrected chi connectivity index (χ2v) is 14.0. The lowest BCUT2D eigenvalue weighted by Gasteiger charge is -2.38. The highest BCUT2D eigenvalue weighted by atomic mass is 16.6. The summed E-state index contributed by atoms with van der Waals surface area (Å²) in [6.07, 6.45) is -0.530. The molecule has 0 spiro atoms. The van der Waals surface area contributed by atoms with Crippen molar-refractivity contribution in [2.24, 2.45) is 0 Å². The number of carbonyl (C=O) groups excluding carboxylic acids is 4. The molecule has 3 N–H and O–H groups in total. The summed E-state index contributed by atoms with van der Waals surface area (Å²) in [7, 11) is 0. The van der Waals surface area contributed by atoms with Crippen LogP contribution >= 0.6 is 0 Å². The molecule has 3 rings (SSSR count). The van der Waals surface area contributed by atoms with Gasteiger partial charge in [0.1, 0.15) is 35.1 Å². The fourth-order valence-corrected chi connectivity index (χ4v) is 5.16. The average Bonchev–Trinajstić information content (AvgIpc) is 2.97. The van der Waals surface area contributed by atoms with Gasteiger partial charge in [-0.2, -0.15) is 0 Å². The summed E-state index contributed by atoms with van der Waals surface area (Å²) in [5.74, 6) is -1.96. The highest BCUT2D eigenvalue weighted by Gasteiger charge is 2.40. The standard InChI is InChI=1S/C38H49N3O7/c1-25(2)41(34(44)30(22-26-16-11-9-12-17-26)40-36(46)48-38(6,7)8)32(28-20-15-21-29(42)24-28)33(43)39-31(35(45)47-37(3,4)5)23-27-18-13-10-14-19-27/h9-21,24-25,30-32,42H,22-23H2,1-8H3,(H,39,43)(H,40,46). The lowest BCUT2D eigenvalue weighted by molar-refractivity contribution is -0.159. The minimum absolute atomic E-state index is 0.109. The van der Waals surface area contributed by atoms with Crippen molar-refractivity contribution in [1.82, 2.24) is 15.5 Å². The minimum atomic E-state index is -1.30. The van der Waals surface area contributed by atoms with E-state index in [4.69, 9.17) is 9.47 Å². The van der Waals surface area contributed by atoms with Crippen LogP contribution in [0.5, 0.6) is 5.75 Å². The number of esters is 1. The van der Waals surface area contributed by atoms with Gasteiger partial charge in [0.15, 0.2) is 0 Å². The first-order chi connectivity index (χ1) is 22.4. The third kappa shape index (κ3) is 11.7. The monoisotopic (exact) mass is 659 g/mol. The second kappa shape index (κ2) is 16.3. The quantitative estimate of drug-likeness (QED) is 0.207. The van der Waals surface area contributed by atoms with E-state index in [9.17, 15) is 24.3 Å². The zero-order valence-corrected chi connectivity index (χ0v) is 29.2. The number of nitrogens with zero attached hydrogens (tertiary/aromatic N) is 1. The summed E-state index contributed by atoms with van der Waals surface area (Å²) in [5.41, 5.74) is 0.250. The number of benzene rings is 3. The number of carbonyl (C=O) groups is 4. The average molecular weight is 660 g/mol. The van der Waals surface area contributed by atoms with Crippen molar-refractivity contribution in [2.75, 3.05) is 0 Å². The van der Waals surface area contributed by atoms with Crippen molar-refractivity contribution in [3.8, 4) is 5.75 Å². The molecule has 0 aromatic heterocycles. The van der Waals surface area contributed by atoms with Crippen LogP contribution in [0.4, 0.5) is 4.79 Å². The van der Waals surface area contributed by atoms with E-state index in [0.29, 0.717) is 5.56 Å². The fourth-order valence-electron chi connectivity index (χ4n) is 5.16. The Labute approximate surface area is 283 Å². The molecule has 0 radical (unpaired) electrons. The molecule has 3 atom stereocenters. The largest absolute Gasteiger partial charge is 0.508 e. The highest BCUT2D eigenvalue weighted by molar-refractivity contribution is 5.94. The summed E-state index contributed by atoms with van der Waals surface area (Å²) in [4.78, 5) is 56.9. The normalized spacial score (nSPS) is 13.5. The van der Waals surface area contributed by atoms with E-state index in [2.05, 4.69) is 10.6 Å². The first-order valence-corrected chi connectivity index (χ1v) is 16.1. The Kier molecular flexibility index (Phi) is 12.8. The Morgan fingerprint density at radius 1 is 0.708 bits per heavy atom. The molecule has 10 heteroatoms. The number of hydrogen-bond acceptors (Lipinski definition) is 7. The Hall–Kier alpha value is -4.86. The van der Waals surface area contributed by atoms with E-state index in [1.54, 1.807) is 67.5 Å². The highest BCUT2D eigenvalue weighted by Crippen LogP contribution is 2.28. The van der Waals surface area contributed by atoms with Crippen LogP contribution in [0.3, 0.4) is 0 Å². The summed E-state index contributed by atoms with van der Waals surface area (Å²) >= 11 is 0. The van der Waals surface area contributed by atoms with Gasteiger partial charge < -0.3 is 30.1 Å². The molecule has 0 saturated carbocycles. The number of phenols is 1. The molecule has 0 fully saturated rings. The van der Waals surface area contributed by atoms with Crippen LogP contribution in [0.25, 0.3) is 0 Å². The summed E-state index contributed by atoms with van der Waals surface area (Å²) in [6, 6.07) is 20.4. The Bertz CT molecular complexity index is 1530. The number of phenolic OH excluding ortho intramolecular Hbond substituents is 1. The van der Waals surface area contributed by atoms with E-state index in [0.717, 1.165) is 11.1 Å². The maximum atomic E-state index is 14.6. The third-order valence-electron chi connectivity index (χ3n) is 7.09. The Morgan fingerprint density at radius 3 is 1.71 bits per heavy atom. The molecule has 3 aromatic carbocycles. The van der Waals surface area contributed by atoms with E-state index in [-0.39, 0.29) is 18.6 Å². The molecule has 0 aliphatic carbocycles. The van der Waals surface area contributed by atoms with Gasteiger partial charge in [-0.15, -0.1) is 0 Å². The lowest BCUT2D eigenvalue weighted by Crippen LogP contribution is -2.57. The van der Waals surface area contributed by atoms with Crippen LogP contribution in [0, 0.1) is 0 Å². The maximum Gasteiger partial charge on any atom is 0.408 e. The van der Waals surface area contributed by atoms with Crippen LogP contribution in [-0.4, -0.2) is 63.2 Å². The molecular weight excluding hydrogens is 610 g/mol. The van der Waals surface area contributed by atoms with Gasteiger partial charge in [0.05, 0.1) is 0 Å². The number of amides is 3. The first kappa shape index (κ1) is 37.6. The van der Waals surface area contributed by atoms with Crippen LogP contribution in [-0.2, 0) is 36.7 Å². The predicted octanol–water partition coefficient (Wildman–Crippen LogP) is 5.88. The van der Waals surface area contributed by atoms with Gasteiger partial charge in [0.2, 0.25) is 11.8 Å². The van der Waals surface area contributed by atoms with Gasteiger partial charge in [0, 0.05) is 18.9 Å². The Morgan fingerprint density at radius 2 is 1.23 bits per heavy atom. The summed E-state index contributed by atoms with van der Waals surface area (Å²) < 4.78 is 11.2. The molecule has 0 aliphatic rings. The van der Waals surface area contributed by atoms with Crippen molar-refractivity contribution in [3.63, 3.8) is 0 Å². The van der Waals surface area contributed by atoms with E-state index < -0.39 is 59.2 Å². The van der Waals surface area contributed by atoms with Gasteiger partial charge in [-0.1, -0.05) is 72.8 Å². The number of rotatable bonds is 12. The third-order valence-corrected chi connectivity index (χ3v) is 7.09. The fraction of sp³-hybridized carbons (Fsp3) is 0.421. The van der Waals surface area contributed by atoms with E-state index in [1.165, 1.54) is 17.0 Å². The van der Waals surface area contributed by atoms with Crippen molar-refractivity contribution in [1.29, 1.82) is 0 Å². The van der Waals surface area contributed by atoms with Crippen molar-refractivity contribution in [3.05, 3.63) is 102 Å². The van der Waals surface area contributed by atoms with Crippen LogP contribution < -0.4 is 10.6 Å². The van der Waals surface area contributed by atoms with Crippen LogP contribution in [0.15, 0.2) is 84.9 Å².